The highest BCUT2D eigenvalue weighted by atomic mass is 35.5. The SMILES string of the molecule is Cc1c(S(=O)(=O)n2ccc3c(N4CCNCC4)cccc32)sc2ccc(Cl)cc12.Cl. The zero-order chi connectivity index (χ0) is 20.2. The molecule has 1 aliphatic heterocycles. The van der Waals surface area contributed by atoms with Crippen LogP contribution >= 0.6 is 35.3 Å². The maximum Gasteiger partial charge on any atom is 0.277 e. The minimum atomic E-state index is -3.71. The Hall–Kier alpha value is -1.77. The summed E-state index contributed by atoms with van der Waals surface area (Å²) in [7, 11) is -3.71. The van der Waals surface area contributed by atoms with Gasteiger partial charge in [-0.3, -0.25) is 0 Å². The van der Waals surface area contributed by atoms with E-state index in [1.807, 2.05) is 37.3 Å². The van der Waals surface area contributed by atoms with Crippen molar-refractivity contribution >= 4 is 72.0 Å². The van der Waals surface area contributed by atoms with Gasteiger partial charge in [-0.2, -0.15) is 8.42 Å². The Labute approximate surface area is 190 Å². The number of piperazine rings is 1. The number of thiophene rings is 1. The summed E-state index contributed by atoms with van der Waals surface area (Å²) in [5.74, 6) is 0. The first kappa shape index (κ1) is 21.5. The fourth-order valence-electron chi connectivity index (χ4n) is 4.02. The number of nitrogens with one attached hydrogen (secondary N) is 1. The summed E-state index contributed by atoms with van der Waals surface area (Å²) in [6.45, 7) is 5.53. The molecule has 0 unspecified atom stereocenters. The third-order valence-electron chi connectivity index (χ3n) is 5.48. The minimum absolute atomic E-state index is 0. The van der Waals surface area contributed by atoms with Gasteiger partial charge >= 0.3 is 0 Å². The molecule has 2 aromatic heterocycles. The Balaban J connectivity index is 0.00000218. The van der Waals surface area contributed by atoms with Gasteiger partial charge in [0.25, 0.3) is 10.0 Å². The second-order valence-corrected chi connectivity index (χ2v) is 10.7. The van der Waals surface area contributed by atoms with E-state index in [1.165, 1.54) is 15.3 Å². The third kappa shape index (κ3) is 3.39. The van der Waals surface area contributed by atoms with Crippen molar-refractivity contribution in [3.63, 3.8) is 0 Å². The van der Waals surface area contributed by atoms with Crippen molar-refractivity contribution in [2.24, 2.45) is 0 Å². The molecule has 0 spiro atoms. The minimum Gasteiger partial charge on any atom is -0.368 e. The fraction of sp³-hybridized carbons (Fsp3) is 0.238. The molecule has 158 valence electrons. The lowest BCUT2D eigenvalue weighted by Gasteiger charge is -2.30. The van der Waals surface area contributed by atoms with Crippen molar-refractivity contribution in [1.82, 2.24) is 9.29 Å². The van der Waals surface area contributed by atoms with Crippen molar-refractivity contribution < 1.29 is 8.42 Å². The molecule has 3 heterocycles. The molecule has 1 aliphatic rings. The van der Waals surface area contributed by atoms with E-state index in [1.54, 1.807) is 12.3 Å². The van der Waals surface area contributed by atoms with Gasteiger partial charge < -0.3 is 10.2 Å². The summed E-state index contributed by atoms with van der Waals surface area (Å²) < 4.78 is 29.9. The standard InChI is InChI=1S/C21H20ClN3O2S2.ClH/c1-14-17-13-15(22)5-6-20(17)28-21(14)29(26,27)25-10-7-16-18(3-2-4-19(16)25)24-11-8-23-9-12-24;/h2-7,10,13,23H,8-9,11-12H2,1H3;1H. The fourth-order valence-corrected chi connectivity index (χ4v) is 7.36. The van der Waals surface area contributed by atoms with Gasteiger partial charge in [0.05, 0.1) is 5.52 Å². The van der Waals surface area contributed by atoms with Crippen LogP contribution in [0.4, 0.5) is 5.69 Å². The molecule has 9 heteroatoms. The van der Waals surface area contributed by atoms with Gasteiger partial charge in [-0.25, -0.2) is 3.97 Å². The number of aryl methyl sites for hydroxylation is 1. The van der Waals surface area contributed by atoms with E-state index in [0.29, 0.717) is 14.7 Å². The number of hydrogen-bond acceptors (Lipinski definition) is 5. The molecule has 5 nitrogen and oxygen atoms in total. The summed E-state index contributed by atoms with van der Waals surface area (Å²) in [5.41, 5.74) is 2.53. The Morgan fingerprint density at radius 2 is 1.83 bits per heavy atom. The largest absolute Gasteiger partial charge is 0.368 e. The topological polar surface area (TPSA) is 54.3 Å². The maximum absolute atomic E-state index is 13.6. The molecule has 1 fully saturated rings. The van der Waals surface area contributed by atoms with E-state index >= 15 is 0 Å². The van der Waals surface area contributed by atoms with Gasteiger partial charge in [0.1, 0.15) is 4.21 Å². The summed E-state index contributed by atoms with van der Waals surface area (Å²) in [6.07, 6.45) is 1.67. The summed E-state index contributed by atoms with van der Waals surface area (Å²) in [4.78, 5) is 2.31. The first-order chi connectivity index (χ1) is 14.0. The quantitative estimate of drug-likeness (QED) is 0.452. The number of aromatic nitrogens is 1. The number of fused-ring (bicyclic) bond motifs is 2. The van der Waals surface area contributed by atoms with E-state index < -0.39 is 10.0 Å². The van der Waals surface area contributed by atoms with E-state index in [0.717, 1.165) is 52.9 Å². The zero-order valence-corrected chi connectivity index (χ0v) is 19.5. The van der Waals surface area contributed by atoms with Crippen LogP contribution in [0.5, 0.6) is 0 Å². The van der Waals surface area contributed by atoms with Gasteiger partial charge in [-0.15, -0.1) is 23.7 Å². The predicted octanol–water partition coefficient (Wildman–Crippen LogP) is 4.89. The lowest BCUT2D eigenvalue weighted by molar-refractivity contribution is 0.589. The van der Waals surface area contributed by atoms with Crippen LogP contribution in [0.3, 0.4) is 0 Å². The van der Waals surface area contributed by atoms with Crippen LogP contribution < -0.4 is 10.2 Å². The van der Waals surface area contributed by atoms with Crippen LogP contribution in [-0.2, 0) is 10.0 Å². The number of rotatable bonds is 3. The van der Waals surface area contributed by atoms with Crippen molar-refractivity contribution in [3.05, 3.63) is 59.2 Å². The number of benzene rings is 2. The second-order valence-electron chi connectivity index (χ2n) is 7.22. The predicted molar refractivity (Wildman–Crippen MR) is 128 cm³/mol. The lowest BCUT2D eigenvalue weighted by Crippen LogP contribution is -2.43. The molecular weight excluding hydrogens is 461 g/mol. The monoisotopic (exact) mass is 481 g/mol. The van der Waals surface area contributed by atoms with E-state index in [4.69, 9.17) is 11.6 Å². The molecule has 1 N–H and O–H groups in total. The molecule has 0 saturated carbocycles. The highest BCUT2D eigenvalue weighted by Gasteiger charge is 2.26. The summed E-state index contributed by atoms with van der Waals surface area (Å²) in [5, 5.41) is 5.81. The number of hydrogen-bond donors (Lipinski definition) is 1. The number of nitrogens with zero attached hydrogens (tertiary/aromatic N) is 2. The molecular formula is C21H21Cl2N3O2S2. The molecule has 0 atom stereocenters. The Morgan fingerprint density at radius 3 is 2.60 bits per heavy atom. The van der Waals surface area contributed by atoms with Crippen LogP contribution in [0.25, 0.3) is 21.0 Å². The molecule has 0 radical (unpaired) electrons. The molecule has 4 aromatic rings. The Kier molecular flexibility index (Phi) is 5.76. The summed E-state index contributed by atoms with van der Waals surface area (Å²) in [6, 6.07) is 13.3. The lowest BCUT2D eigenvalue weighted by atomic mass is 10.2. The second kappa shape index (κ2) is 8.05. The van der Waals surface area contributed by atoms with Gasteiger partial charge in [-0.1, -0.05) is 17.7 Å². The number of anilines is 1. The van der Waals surface area contributed by atoms with Gasteiger partial charge in [0.15, 0.2) is 0 Å². The smallest absolute Gasteiger partial charge is 0.277 e. The molecule has 0 amide bonds. The maximum atomic E-state index is 13.6. The van der Waals surface area contributed by atoms with E-state index in [2.05, 4.69) is 16.3 Å². The average molecular weight is 482 g/mol. The molecule has 1 saturated heterocycles. The highest BCUT2D eigenvalue weighted by molar-refractivity contribution is 7.92. The van der Waals surface area contributed by atoms with Crippen molar-refractivity contribution in [3.8, 4) is 0 Å². The molecule has 0 bridgehead atoms. The first-order valence-electron chi connectivity index (χ1n) is 9.47. The normalized spacial score (nSPS) is 14.9. The number of halogens is 2. The van der Waals surface area contributed by atoms with Gasteiger partial charge in [0.2, 0.25) is 0 Å². The van der Waals surface area contributed by atoms with Crippen LogP contribution in [-0.4, -0.2) is 38.6 Å². The van der Waals surface area contributed by atoms with E-state index in [-0.39, 0.29) is 12.4 Å². The average Bonchev–Trinajstić information content (AvgIpc) is 3.31. The van der Waals surface area contributed by atoms with Crippen molar-refractivity contribution in [2.75, 3.05) is 31.1 Å². The first-order valence-corrected chi connectivity index (χ1v) is 12.1. The van der Waals surface area contributed by atoms with Crippen LogP contribution in [0.15, 0.2) is 52.9 Å². The van der Waals surface area contributed by atoms with Crippen molar-refractivity contribution in [2.45, 2.75) is 11.1 Å². The van der Waals surface area contributed by atoms with Gasteiger partial charge in [-0.05, 0) is 54.3 Å². The van der Waals surface area contributed by atoms with Crippen LogP contribution in [0.1, 0.15) is 5.56 Å². The molecule has 2 aromatic carbocycles. The zero-order valence-electron chi connectivity index (χ0n) is 16.3. The van der Waals surface area contributed by atoms with Crippen LogP contribution in [0.2, 0.25) is 5.02 Å². The molecule has 5 rings (SSSR count). The summed E-state index contributed by atoms with van der Waals surface area (Å²) >= 11 is 7.42. The van der Waals surface area contributed by atoms with Crippen molar-refractivity contribution in [1.29, 1.82) is 0 Å². The Bertz CT molecular complexity index is 1340. The highest BCUT2D eigenvalue weighted by Crippen LogP contribution is 2.38. The Morgan fingerprint density at radius 1 is 1.07 bits per heavy atom. The molecule has 0 aliphatic carbocycles. The van der Waals surface area contributed by atoms with Crippen LogP contribution in [0, 0.1) is 6.92 Å². The van der Waals surface area contributed by atoms with E-state index in [9.17, 15) is 8.42 Å². The third-order valence-corrected chi connectivity index (χ3v) is 9.28. The van der Waals surface area contributed by atoms with Gasteiger partial charge in [0, 0.05) is 53.2 Å². The molecule has 30 heavy (non-hydrogen) atoms.